The highest BCUT2D eigenvalue weighted by Gasteiger charge is 2.39. The largest absolute Gasteiger partial charge is 0.395 e. The summed E-state index contributed by atoms with van der Waals surface area (Å²) in [5.41, 5.74) is 0. The standard InChI is InChI=1S/C22H39NO5/c1-2-3-6-9-17(25)12-13-19-18(20(26)16-21(19)27)10-7-4-5-8-11-22(28)23-14-15-24/h4,7,12-13,17-21,24-27H,2-3,5-6,8-11,14-16H2,1H3,(H,23,28)/t17?,18?,19-,20?,21?/m1/s1. The van der Waals surface area contributed by atoms with Crippen molar-refractivity contribution in [1.82, 2.24) is 5.32 Å². The van der Waals surface area contributed by atoms with Crippen molar-refractivity contribution in [3.05, 3.63) is 24.3 Å². The summed E-state index contributed by atoms with van der Waals surface area (Å²) in [5.74, 6) is -0.262. The number of nitrogens with one attached hydrogen (secondary N) is 1. The minimum Gasteiger partial charge on any atom is -0.395 e. The van der Waals surface area contributed by atoms with Crippen LogP contribution in [0.15, 0.2) is 24.3 Å². The van der Waals surface area contributed by atoms with E-state index in [9.17, 15) is 20.1 Å². The molecular weight excluding hydrogens is 358 g/mol. The number of aliphatic hydroxyl groups excluding tert-OH is 4. The molecule has 1 fully saturated rings. The molecule has 0 aromatic carbocycles. The molecule has 0 bridgehead atoms. The zero-order chi connectivity index (χ0) is 20.8. The second-order valence-electron chi connectivity index (χ2n) is 7.73. The van der Waals surface area contributed by atoms with E-state index in [1.165, 1.54) is 0 Å². The van der Waals surface area contributed by atoms with Crippen LogP contribution in [0.5, 0.6) is 0 Å². The molecule has 1 aliphatic rings. The smallest absolute Gasteiger partial charge is 0.220 e. The number of carbonyl (C=O) groups is 1. The fraction of sp³-hybridized carbons (Fsp3) is 0.773. The maximum Gasteiger partial charge on any atom is 0.220 e. The van der Waals surface area contributed by atoms with Gasteiger partial charge in [-0.15, -0.1) is 0 Å². The van der Waals surface area contributed by atoms with Crippen LogP contribution in [0, 0.1) is 11.8 Å². The van der Waals surface area contributed by atoms with E-state index in [1.807, 2.05) is 18.2 Å². The third-order valence-electron chi connectivity index (χ3n) is 5.36. The van der Waals surface area contributed by atoms with Crippen LogP contribution < -0.4 is 5.32 Å². The number of amides is 1. The van der Waals surface area contributed by atoms with Crippen molar-refractivity contribution < 1.29 is 25.2 Å². The van der Waals surface area contributed by atoms with Crippen LogP contribution in [0.1, 0.15) is 64.7 Å². The van der Waals surface area contributed by atoms with E-state index in [-0.39, 0.29) is 24.3 Å². The molecule has 4 unspecified atom stereocenters. The molecule has 162 valence electrons. The van der Waals surface area contributed by atoms with Gasteiger partial charge in [-0.3, -0.25) is 4.79 Å². The lowest BCUT2D eigenvalue weighted by molar-refractivity contribution is -0.121. The van der Waals surface area contributed by atoms with Crippen LogP contribution in [0.25, 0.3) is 0 Å². The lowest BCUT2D eigenvalue weighted by Gasteiger charge is -2.19. The maximum atomic E-state index is 11.4. The summed E-state index contributed by atoms with van der Waals surface area (Å²) < 4.78 is 0. The van der Waals surface area contributed by atoms with Crippen molar-refractivity contribution in [2.45, 2.75) is 83.0 Å². The molecule has 0 aliphatic heterocycles. The highest BCUT2D eigenvalue weighted by atomic mass is 16.3. The van der Waals surface area contributed by atoms with Crippen molar-refractivity contribution >= 4 is 5.91 Å². The van der Waals surface area contributed by atoms with Crippen molar-refractivity contribution in [1.29, 1.82) is 0 Å². The van der Waals surface area contributed by atoms with E-state index < -0.39 is 18.3 Å². The van der Waals surface area contributed by atoms with Gasteiger partial charge in [0, 0.05) is 25.3 Å². The van der Waals surface area contributed by atoms with E-state index >= 15 is 0 Å². The third kappa shape index (κ3) is 9.82. The minimum absolute atomic E-state index is 0.0490. The molecule has 0 radical (unpaired) electrons. The van der Waals surface area contributed by atoms with E-state index in [4.69, 9.17) is 5.11 Å². The molecule has 5 N–H and O–H groups in total. The van der Waals surface area contributed by atoms with Crippen molar-refractivity contribution in [3.8, 4) is 0 Å². The first-order valence-corrected chi connectivity index (χ1v) is 10.7. The second-order valence-corrected chi connectivity index (χ2v) is 7.73. The normalized spacial score (nSPS) is 26.3. The Morgan fingerprint density at radius 2 is 1.96 bits per heavy atom. The minimum atomic E-state index is -0.581. The molecular formula is C22H39NO5. The topological polar surface area (TPSA) is 110 Å². The summed E-state index contributed by atoms with van der Waals surface area (Å²) in [6, 6.07) is 0. The number of unbranched alkanes of at least 4 members (excludes halogenated alkanes) is 3. The molecule has 5 atom stereocenters. The zero-order valence-corrected chi connectivity index (χ0v) is 17.2. The summed E-state index contributed by atoms with van der Waals surface area (Å²) >= 11 is 0. The fourth-order valence-electron chi connectivity index (χ4n) is 3.70. The number of rotatable bonds is 14. The number of allylic oxidation sites excluding steroid dienone is 2. The third-order valence-corrected chi connectivity index (χ3v) is 5.36. The molecule has 1 aliphatic carbocycles. The Hall–Kier alpha value is -1.21. The first kappa shape index (κ1) is 24.8. The Balaban J connectivity index is 2.39. The van der Waals surface area contributed by atoms with Gasteiger partial charge in [0.1, 0.15) is 0 Å². The van der Waals surface area contributed by atoms with Gasteiger partial charge in [-0.25, -0.2) is 0 Å². The molecule has 0 saturated heterocycles. The molecule has 1 rings (SSSR count). The van der Waals surface area contributed by atoms with Gasteiger partial charge in [0.25, 0.3) is 0 Å². The monoisotopic (exact) mass is 397 g/mol. The predicted octanol–water partition coefficient (Wildman–Crippen LogP) is 2.07. The first-order valence-electron chi connectivity index (χ1n) is 10.7. The number of hydrogen-bond acceptors (Lipinski definition) is 5. The van der Waals surface area contributed by atoms with Crippen molar-refractivity contribution in [3.63, 3.8) is 0 Å². The first-order chi connectivity index (χ1) is 13.5. The van der Waals surface area contributed by atoms with Gasteiger partial charge >= 0.3 is 0 Å². The van der Waals surface area contributed by atoms with Gasteiger partial charge in [0.2, 0.25) is 5.91 Å². The zero-order valence-electron chi connectivity index (χ0n) is 17.2. The molecule has 6 nitrogen and oxygen atoms in total. The lowest BCUT2D eigenvalue weighted by Crippen LogP contribution is -2.25. The van der Waals surface area contributed by atoms with Crippen molar-refractivity contribution in [2.24, 2.45) is 11.8 Å². The highest BCUT2D eigenvalue weighted by molar-refractivity contribution is 5.75. The molecule has 28 heavy (non-hydrogen) atoms. The Labute approximate surface area is 169 Å². The molecule has 0 aromatic rings. The van der Waals surface area contributed by atoms with Crippen LogP contribution in [0.4, 0.5) is 0 Å². The molecule has 6 heteroatoms. The fourth-order valence-corrected chi connectivity index (χ4v) is 3.70. The number of aliphatic hydroxyl groups is 4. The van der Waals surface area contributed by atoms with E-state index in [0.29, 0.717) is 25.8 Å². The Morgan fingerprint density at radius 1 is 1.18 bits per heavy atom. The van der Waals surface area contributed by atoms with E-state index in [0.717, 1.165) is 38.5 Å². The summed E-state index contributed by atoms with van der Waals surface area (Å²) in [7, 11) is 0. The molecule has 0 aromatic heterocycles. The van der Waals surface area contributed by atoms with Gasteiger partial charge in [-0.05, 0) is 31.6 Å². The molecule has 1 amide bonds. The van der Waals surface area contributed by atoms with Gasteiger partial charge in [0.05, 0.1) is 24.9 Å². The Kier molecular flexibility index (Phi) is 13.1. The van der Waals surface area contributed by atoms with Gasteiger partial charge in [0.15, 0.2) is 0 Å². The summed E-state index contributed by atoms with van der Waals surface area (Å²) in [6.45, 7) is 2.37. The van der Waals surface area contributed by atoms with E-state index in [1.54, 1.807) is 6.08 Å². The maximum absolute atomic E-state index is 11.4. The number of hydrogen-bond donors (Lipinski definition) is 5. The van der Waals surface area contributed by atoms with Gasteiger partial charge in [-0.2, -0.15) is 0 Å². The highest BCUT2D eigenvalue weighted by Crippen LogP contribution is 2.36. The molecule has 0 spiro atoms. The van der Waals surface area contributed by atoms with Crippen LogP contribution >= 0.6 is 0 Å². The van der Waals surface area contributed by atoms with Gasteiger partial charge in [-0.1, -0.05) is 50.5 Å². The molecule has 1 saturated carbocycles. The average molecular weight is 398 g/mol. The average Bonchev–Trinajstić information content (AvgIpc) is 2.94. The lowest BCUT2D eigenvalue weighted by atomic mass is 9.89. The SMILES string of the molecule is CCCCCC(O)C=C[C@H]1C(O)CC(O)C1CC=CCCCC(=O)NCCO. The van der Waals surface area contributed by atoms with Crippen LogP contribution in [-0.2, 0) is 4.79 Å². The van der Waals surface area contributed by atoms with Crippen LogP contribution in [-0.4, -0.2) is 57.8 Å². The Bertz CT molecular complexity index is 480. The predicted molar refractivity (Wildman–Crippen MR) is 111 cm³/mol. The summed E-state index contributed by atoms with van der Waals surface area (Å²) in [6.07, 6.45) is 12.9. The summed E-state index contributed by atoms with van der Waals surface area (Å²) in [5, 5.41) is 41.8. The second kappa shape index (κ2) is 14.7. The number of carbonyl (C=O) groups excluding carboxylic acids is 1. The summed E-state index contributed by atoms with van der Waals surface area (Å²) in [4.78, 5) is 11.4. The molecule has 0 heterocycles. The van der Waals surface area contributed by atoms with E-state index in [2.05, 4.69) is 12.2 Å². The van der Waals surface area contributed by atoms with Crippen LogP contribution in [0.3, 0.4) is 0 Å². The van der Waals surface area contributed by atoms with Crippen LogP contribution in [0.2, 0.25) is 0 Å². The Morgan fingerprint density at radius 3 is 2.68 bits per heavy atom. The quantitative estimate of drug-likeness (QED) is 0.228. The van der Waals surface area contributed by atoms with Crippen molar-refractivity contribution in [2.75, 3.05) is 13.2 Å². The van der Waals surface area contributed by atoms with Gasteiger partial charge < -0.3 is 25.7 Å².